The minimum atomic E-state index is -0.569. The van der Waals surface area contributed by atoms with Crippen LogP contribution in [0.2, 0.25) is 0 Å². The van der Waals surface area contributed by atoms with Crippen molar-refractivity contribution < 1.29 is 9.90 Å². The van der Waals surface area contributed by atoms with E-state index in [1.54, 1.807) is 0 Å². The normalized spacial score (nSPS) is 40.5. The Kier molecular flexibility index (Phi) is 3.81. The zero-order chi connectivity index (χ0) is 13.4. The summed E-state index contributed by atoms with van der Waals surface area (Å²) in [5, 5.41) is 9.35. The molecule has 0 saturated carbocycles. The van der Waals surface area contributed by atoms with Crippen molar-refractivity contribution in [2.75, 3.05) is 19.6 Å². The van der Waals surface area contributed by atoms with Crippen LogP contribution >= 0.6 is 0 Å². The second kappa shape index (κ2) is 5.41. The molecule has 0 aromatic heterocycles. The van der Waals surface area contributed by atoms with Gasteiger partial charge in [-0.2, -0.15) is 0 Å². The van der Waals surface area contributed by atoms with Crippen LogP contribution in [0, 0.1) is 5.92 Å². The van der Waals surface area contributed by atoms with Gasteiger partial charge in [0, 0.05) is 18.1 Å². The lowest BCUT2D eigenvalue weighted by Gasteiger charge is -2.32. The van der Waals surface area contributed by atoms with Gasteiger partial charge in [-0.25, -0.2) is 0 Å². The molecule has 2 bridgehead atoms. The number of hydrogen-bond acceptors (Lipinski definition) is 3. The molecule has 19 heavy (non-hydrogen) atoms. The molecule has 0 spiro atoms. The Morgan fingerprint density at radius 1 is 1.16 bits per heavy atom. The van der Waals surface area contributed by atoms with Gasteiger partial charge in [-0.3, -0.25) is 9.69 Å². The predicted octanol–water partition coefficient (Wildman–Crippen LogP) is 1.80. The maximum absolute atomic E-state index is 11.4. The first-order chi connectivity index (χ1) is 9.20. The van der Waals surface area contributed by atoms with E-state index in [0.29, 0.717) is 18.1 Å². The lowest BCUT2D eigenvalue weighted by atomic mass is 9.89. The van der Waals surface area contributed by atoms with Gasteiger partial charge in [-0.15, -0.1) is 0 Å². The van der Waals surface area contributed by atoms with Crippen molar-refractivity contribution in [2.45, 2.75) is 63.6 Å². The van der Waals surface area contributed by atoms with Crippen LogP contribution in [0.3, 0.4) is 0 Å². The molecule has 1 N–H and O–H groups in total. The molecule has 3 heterocycles. The third-order valence-corrected chi connectivity index (χ3v) is 5.57. The monoisotopic (exact) mass is 266 g/mol. The van der Waals surface area contributed by atoms with Crippen molar-refractivity contribution in [1.82, 2.24) is 9.80 Å². The van der Waals surface area contributed by atoms with E-state index >= 15 is 0 Å². The molecule has 3 fully saturated rings. The van der Waals surface area contributed by atoms with Crippen LogP contribution in [0.4, 0.5) is 0 Å². The highest BCUT2D eigenvalue weighted by molar-refractivity contribution is 5.71. The van der Waals surface area contributed by atoms with Crippen LogP contribution in [-0.2, 0) is 4.79 Å². The minimum absolute atomic E-state index is 0.0933. The Morgan fingerprint density at radius 3 is 2.68 bits per heavy atom. The number of likely N-dealkylation sites (tertiary alicyclic amines) is 1. The van der Waals surface area contributed by atoms with Crippen LogP contribution in [0.15, 0.2) is 0 Å². The number of carboxylic acid groups (broad SMARTS) is 1. The van der Waals surface area contributed by atoms with Gasteiger partial charge in [-0.1, -0.05) is 6.92 Å². The van der Waals surface area contributed by atoms with Gasteiger partial charge in [0.2, 0.25) is 0 Å². The molecular weight excluding hydrogens is 240 g/mol. The van der Waals surface area contributed by atoms with Crippen molar-refractivity contribution in [3.05, 3.63) is 0 Å². The van der Waals surface area contributed by atoms with Gasteiger partial charge in [0.15, 0.2) is 0 Å². The van der Waals surface area contributed by atoms with E-state index in [0.717, 1.165) is 19.4 Å². The SMILES string of the molecule is CCN1CCCC(N2C3CCC2C(C(=O)O)C3)CC1. The summed E-state index contributed by atoms with van der Waals surface area (Å²) in [5.74, 6) is -0.662. The summed E-state index contributed by atoms with van der Waals surface area (Å²) in [6, 6.07) is 1.53. The average molecular weight is 266 g/mol. The number of carbonyl (C=O) groups is 1. The second-order valence-electron chi connectivity index (χ2n) is 6.45. The molecule has 4 nitrogen and oxygen atoms in total. The van der Waals surface area contributed by atoms with Crippen molar-refractivity contribution in [1.29, 1.82) is 0 Å². The summed E-state index contributed by atoms with van der Waals surface area (Å²) in [5.41, 5.74) is 0. The molecule has 4 heteroatoms. The van der Waals surface area contributed by atoms with Gasteiger partial charge in [0.05, 0.1) is 5.92 Å². The number of carboxylic acids is 1. The van der Waals surface area contributed by atoms with Crippen LogP contribution in [0.25, 0.3) is 0 Å². The zero-order valence-corrected chi connectivity index (χ0v) is 11.9. The zero-order valence-electron chi connectivity index (χ0n) is 11.9. The van der Waals surface area contributed by atoms with E-state index in [1.165, 1.54) is 38.8 Å². The van der Waals surface area contributed by atoms with Crippen LogP contribution < -0.4 is 0 Å². The van der Waals surface area contributed by atoms with E-state index in [1.807, 2.05) is 0 Å². The largest absolute Gasteiger partial charge is 0.481 e. The first kappa shape index (κ1) is 13.4. The number of rotatable bonds is 3. The predicted molar refractivity (Wildman–Crippen MR) is 74.1 cm³/mol. The van der Waals surface area contributed by atoms with Crippen molar-refractivity contribution in [3.8, 4) is 0 Å². The Bertz CT molecular complexity index is 347. The fourth-order valence-electron chi connectivity index (χ4n) is 4.62. The van der Waals surface area contributed by atoms with Gasteiger partial charge < -0.3 is 10.0 Å². The Hall–Kier alpha value is -0.610. The highest BCUT2D eigenvalue weighted by Crippen LogP contribution is 2.44. The molecule has 3 rings (SSSR count). The number of nitrogens with zero attached hydrogens (tertiary/aromatic N) is 2. The standard InChI is InChI=1S/C15H26N2O2/c1-2-16-8-3-4-11(7-9-16)17-12-5-6-14(17)13(10-12)15(18)19/h11-14H,2-10H2,1H3,(H,18,19). The molecule has 0 radical (unpaired) electrons. The molecular formula is C15H26N2O2. The van der Waals surface area contributed by atoms with E-state index < -0.39 is 5.97 Å². The van der Waals surface area contributed by atoms with Crippen molar-refractivity contribution in [3.63, 3.8) is 0 Å². The highest BCUT2D eigenvalue weighted by Gasteiger charge is 2.51. The van der Waals surface area contributed by atoms with Crippen LogP contribution in [0.1, 0.15) is 45.4 Å². The number of hydrogen-bond donors (Lipinski definition) is 1. The molecule has 3 aliphatic heterocycles. The van der Waals surface area contributed by atoms with Crippen LogP contribution in [0.5, 0.6) is 0 Å². The van der Waals surface area contributed by atoms with Crippen LogP contribution in [-0.4, -0.2) is 58.6 Å². The van der Waals surface area contributed by atoms with Gasteiger partial charge >= 0.3 is 5.97 Å². The minimum Gasteiger partial charge on any atom is -0.481 e. The van der Waals surface area contributed by atoms with Crippen molar-refractivity contribution in [2.24, 2.45) is 5.92 Å². The fourth-order valence-corrected chi connectivity index (χ4v) is 4.62. The molecule has 3 aliphatic rings. The molecule has 3 saturated heterocycles. The van der Waals surface area contributed by atoms with E-state index in [4.69, 9.17) is 0 Å². The molecule has 4 unspecified atom stereocenters. The number of aliphatic carboxylic acids is 1. The quantitative estimate of drug-likeness (QED) is 0.846. The molecule has 0 aromatic rings. The molecule has 0 amide bonds. The molecule has 0 aliphatic carbocycles. The maximum Gasteiger partial charge on any atom is 0.308 e. The summed E-state index contributed by atoms with van der Waals surface area (Å²) in [6.07, 6.45) is 6.99. The smallest absolute Gasteiger partial charge is 0.308 e. The topological polar surface area (TPSA) is 43.8 Å². The average Bonchev–Trinajstić information content (AvgIpc) is 2.88. The maximum atomic E-state index is 11.4. The van der Waals surface area contributed by atoms with E-state index in [2.05, 4.69) is 16.7 Å². The molecule has 4 atom stereocenters. The summed E-state index contributed by atoms with van der Waals surface area (Å²) in [7, 11) is 0. The summed E-state index contributed by atoms with van der Waals surface area (Å²) in [6.45, 7) is 5.80. The van der Waals surface area contributed by atoms with E-state index in [9.17, 15) is 9.90 Å². The Labute approximate surface area is 115 Å². The van der Waals surface area contributed by atoms with Gasteiger partial charge in [0.25, 0.3) is 0 Å². The molecule has 108 valence electrons. The van der Waals surface area contributed by atoms with E-state index in [-0.39, 0.29) is 5.92 Å². The Morgan fingerprint density at radius 2 is 2.00 bits per heavy atom. The first-order valence-corrected chi connectivity index (χ1v) is 7.93. The van der Waals surface area contributed by atoms with Crippen molar-refractivity contribution >= 4 is 5.97 Å². The third-order valence-electron chi connectivity index (χ3n) is 5.57. The fraction of sp³-hybridized carbons (Fsp3) is 0.933. The second-order valence-corrected chi connectivity index (χ2v) is 6.45. The van der Waals surface area contributed by atoms with Gasteiger partial charge in [0.1, 0.15) is 0 Å². The van der Waals surface area contributed by atoms with Gasteiger partial charge in [-0.05, 0) is 58.2 Å². The highest BCUT2D eigenvalue weighted by atomic mass is 16.4. The third kappa shape index (κ3) is 2.40. The molecule has 0 aromatic carbocycles. The first-order valence-electron chi connectivity index (χ1n) is 7.93. The number of fused-ring (bicyclic) bond motifs is 2. The summed E-state index contributed by atoms with van der Waals surface area (Å²) in [4.78, 5) is 16.5. The summed E-state index contributed by atoms with van der Waals surface area (Å²) < 4.78 is 0. The Balaban J connectivity index is 1.68. The lowest BCUT2D eigenvalue weighted by Crippen LogP contribution is -2.41. The summed E-state index contributed by atoms with van der Waals surface area (Å²) >= 11 is 0. The lowest BCUT2D eigenvalue weighted by molar-refractivity contribution is -0.142.